The van der Waals surface area contributed by atoms with Gasteiger partial charge in [0, 0.05) is 11.8 Å². The van der Waals surface area contributed by atoms with Crippen molar-refractivity contribution in [2.45, 2.75) is 25.7 Å². The Morgan fingerprint density at radius 1 is 1.27 bits per heavy atom. The quantitative estimate of drug-likeness (QED) is 0.856. The SMILES string of the molecule is CC1C2(C)OC(=N)C(C#N)(C(c3cccs3)O2)C1(C#N)C#N. The van der Waals surface area contributed by atoms with Gasteiger partial charge in [-0.05, 0) is 11.4 Å². The highest BCUT2D eigenvalue weighted by molar-refractivity contribution is 7.10. The van der Waals surface area contributed by atoms with Crippen LogP contribution in [0, 0.1) is 56.2 Å². The molecular formula is C15H12N4O2S. The summed E-state index contributed by atoms with van der Waals surface area (Å²) in [6.07, 6.45) is -0.876. The molecule has 0 amide bonds. The van der Waals surface area contributed by atoms with E-state index in [9.17, 15) is 15.8 Å². The molecule has 2 bridgehead atoms. The first-order chi connectivity index (χ1) is 10.4. The van der Waals surface area contributed by atoms with Gasteiger partial charge < -0.3 is 9.47 Å². The summed E-state index contributed by atoms with van der Waals surface area (Å²) in [5, 5.41) is 39.4. The Hall–Kier alpha value is -2.40. The van der Waals surface area contributed by atoms with Crippen molar-refractivity contribution in [3.63, 3.8) is 0 Å². The number of fused-ring (bicyclic) bond motifs is 3. The van der Waals surface area contributed by atoms with Crippen LogP contribution in [0.5, 0.6) is 0 Å². The van der Waals surface area contributed by atoms with Gasteiger partial charge in [0.15, 0.2) is 10.8 Å². The van der Waals surface area contributed by atoms with E-state index in [0.717, 1.165) is 0 Å². The van der Waals surface area contributed by atoms with E-state index >= 15 is 0 Å². The highest BCUT2D eigenvalue weighted by Gasteiger charge is 2.78. The van der Waals surface area contributed by atoms with Crippen LogP contribution in [-0.4, -0.2) is 11.7 Å². The van der Waals surface area contributed by atoms with Gasteiger partial charge in [-0.15, -0.1) is 11.3 Å². The van der Waals surface area contributed by atoms with E-state index in [1.165, 1.54) is 11.3 Å². The van der Waals surface area contributed by atoms with Crippen molar-refractivity contribution < 1.29 is 9.47 Å². The smallest absolute Gasteiger partial charge is 0.215 e. The van der Waals surface area contributed by atoms with Crippen LogP contribution in [0.4, 0.5) is 0 Å². The monoisotopic (exact) mass is 312 g/mol. The second-order valence-electron chi connectivity index (χ2n) is 5.63. The zero-order chi connectivity index (χ0) is 16.2. The molecule has 6 nitrogen and oxygen atoms in total. The number of hydrogen-bond donors (Lipinski definition) is 1. The zero-order valence-electron chi connectivity index (χ0n) is 12.0. The van der Waals surface area contributed by atoms with Crippen LogP contribution in [0.25, 0.3) is 0 Å². The van der Waals surface area contributed by atoms with E-state index in [0.29, 0.717) is 4.88 Å². The molecule has 1 aromatic rings. The number of thiophene rings is 1. The summed E-state index contributed by atoms with van der Waals surface area (Å²) in [4.78, 5) is 0.697. The average molecular weight is 312 g/mol. The van der Waals surface area contributed by atoms with Crippen LogP contribution in [-0.2, 0) is 9.47 Å². The minimum absolute atomic E-state index is 0.372. The van der Waals surface area contributed by atoms with Crippen molar-refractivity contribution in [1.29, 1.82) is 21.2 Å². The highest BCUT2D eigenvalue weighted by Crippen LogP contribution is 2.66. The van der Waals surface area contributed by atoms with Crippen molar-refractivity contribution in [2.24, 2.45) is 16.7 Å². The molecule has 110 valence electrons. The summed E-state index contributed by atoms with van der Waals surface area (Å²) in [5.41, 5.74) is -3.49. The molecule has 0 aromatic carbocycles. The van der Waals surface area contributed by atoms with Gasteiger partial charge in [-0.2, -0.15) is 15.8 Å². The maximum Gasteiger partial charge on any atom is 0.215 e. The lowest BCUT2D eigenvalue weighted by molar-refractivity contribution is -0.337. The van der Waals surface area contributed by atoms with Crippen molar-refractivity contribution in [2.75, 3.05) is 0 Å². The fourth-order valence-corrected chi connectivity index (χ4v) is 4.18. The third-order valence-electron chi connectivity index (χ3n) is 4.80. The number of nitrogens with one attached hydrogen (secondary N) is 1. The molecule has 1 aromatic heterocycles. The third-order valence-corrected chi connectivity index (χ3v) is 5.71. The molecule has 4 atom stereocenters. The zero-order valence-corrected chi connectivity index (χ0v) is 12.8. The van der Waals surface area contributed by atoms with Gasteiger partial charge in [0.05, 0.1) is 24.1 Å². The van der Waals surface area contributed by atoms with E-state index < -0.39 is 28.6 Å². The lowest BCUT2D eigenvalue weighted by Crippen LogP contribution is -2.71. The van der Waals surface area contributed by atoms with E-state index in [4.69, 9.17) is 14.9 Å². The molecule has 22 heavy (non-hydrogen) atoms. The Kier molecular flexibility index (Phi) is 2.84. The average Bonchev–Trinajstić information content (AvgIpc) is 3.03. The Morgan fingerprint density at radius 3 is 2.45 bits per heavy atom. The number of hydrogen-bond acceptors (Lipinski definition) is 7. The van der Waals surface area contributed by atoms with Crippen LogP contribution < -0.4 is 0 Å². The van der Waals surface area contributed by atoms with Crippen LogP contribution >= 0.6 is 11.3 Å². The van der Waals surface area contributed by atoms with Gasteiger partial charge >= 0.3 is 0 Å². The highest BCUT2D eigenvalue weighted by atomic mass is 32.1. The maximum absolute atomic E-state index is 9.86. The number of ether oxygens (including phenoxy) is 2. The molecule has 1 N–H and O–H groups in total. The van der Waals surface area contributed by atoms with Gasteiger partial charge in [0.1, 0.15) is 6.10 Å². The summed E-state index contributed by atoms with van der Waals surface area (Å²) >= 11 is 1.36. The largest absolute Gasteiger partial charge is 0.448 e. The normalized spacial score (nSPS) is 38.4. The number of nitrogens with zero attached hydrogens (tertiary/aromatic N) is 3. The molecule has 0 radical (unpaired) electrons. The first-order valence-electron chi connectivity index (χ1n) is 6.65. The summed E-state index contributed by atoms with van der Waals surface area (Å²) in [6, 6.07) is 9.61. The number of rotatable bonds is 1. The summed E-state index contributed by atoms with van der Waals surface area (Å²) in [7, 11) is 0. The van der Waals surface area contributed by atoms with Crippen LogP contribution in [0.3, 0.4) is 0 Å². The molecule has 7 heteroatoms. The Morgan fingerprint density at radius 2 is 1.95 bits per heavy atom. The minimum atomic E-state index is -1.78. The Labute approximate surface area is 131 Å². The predicted octanol–water partition coefficient (Wildman–Crippen LogP) is 2.72. The molecule has 0 spiro atoms. The second kappa shape index (κ2) is 4.30. The van der Waals surface area contributed by atoms with Crippen LogP contribution in [0.15, 0.2) is 17.5 Å². The maximum atomic E-state index is 9.86. The molecule has 3 aliphatic rings. The fraction of sp³-hybridized carbons (Fsp3) is 0.467. The Balaban J connectivity index is 2.35. The molecule has 4 heterocycles. The lowest BCUT2D eigenvalue weighted by atomic mass is 9.51. The van der Waals surface area contributed by atoms with E-state index in [2.05, 4.69) is 0 Å². The first-order valence-corrected chi connectivity index (χ1v) is 7.53. The van der Waals surface area contributed by atoms with E-state index in [-0.39, 0.29) is 5.90 Å². The molecule has 3 aliphatic heterocycles. The van der Waals surface area contributed by atoms with E-state index in [1.54, 1.807) is 26.0 Å². The molecule has 0 aliphatic carbocycles. The first kappa shape index (κ1) is 14.5. The second-order valence-corrected chi connectivity index (χ2v) is 6.61. The standard InChI is InChI=1S/C15H12N4O2S/c1-9-13(2)20-11(10-4-3-5-22-10)15(8-18,12(19)21-13)14(9,6-16)7-17/h3-5,9,11,19H,1-2H3. The van der Waals surface area contributed by atoms with Crippen molar-refractivity contribution >= 4 is 17.2 Å². The molecule has 4 rings (SSSR count). The van der Waals surface area contributed by atoms with Gasteiger partial charge in [0.25, 0.3) is 0 Å². The fourth-order valence-electron chi connectivity index (χ4n) is 3.36. The Bertz CT molecular complexity index is 755. The lowest BCUT2D eigenvalue weighted by Gasteiger charge is -2.60. The molecular weight excluding hydrogens is 300 g/mol. The third kappa shape index (κ3) is 1.32. The van der Waals surface area contributed by atoms with Gasteiger partial charge in [-0.25, -0.2) is 0 Å². The molecule has 4 unspecified atom stereocenters. The van der Waals surface area contributed by atoms with Gasteiger partial charge in [-0.1, -0.05) is 13.0 Å². The molecule has 3 saturated heterocycles. The predicted molar refractivity (Wildman–Crippen MR) is 76.2 cm³/mol. The number of nitriles is 3. The van der Waals surface area contributed by atoms with Crippen molar-refractivity contribution in [1.82, 2.24) is 0 Å². The summed E-state index contributed by atoms with van der Waals surface area (Å²) in [5.74, 6) is -2.35. The van der Waals surface area contributed by atoms with Gasteiger partial charge in [0.2, 0.25) is 11.7 Å². The van der Waals surface area contributed by atoms with Crippen molar-refractivity contribution in [3.8, 4) is 18.2 Å². The van der Waals surface area contributed by atoms with Crippen LogP contribution in [0.1, 0.15) is 24.8 Å². The minimum Gasteiger partial charge on any atom is -0.448 e. The van der Waals surface area contributed by atoms with Gasteiger partial charge in [-0.3, -0.25) is 5.41 Å². The summed E-state index contributed by atoms with van der Waals surface area (Å²) < 4.78 is 11.5. The molecule has 0 saturated carbocycles. The van der Waals surface area contributed by atoms with Crippen molar-refractivity contribution in [3.05, 3.63) is 22.4 Å². The van der Waals surface area contributed by atoms with Crippen LogP contribution in [0.2, 0.25) is 0 Å². The van der Waals surface area contributed by atoms with E-state index in [1.807, 2.05) is 23.6 Å². The topological polar surface area (TPSA) is 114 Å². The summed E-state index contributed by atoms with van der Waals surface area (Å²) in [6.45, 7) is 3.26. The molecule has 3 fully saturated rings.